The van der Waals surface area contributed by atoms with Crippen LogP contribution in [0.15, 0.2) is 48.5 Å². The normalized spacial score (nSPS) is 19.9. The van der Waals surface area contributed by atoms with Crippen LogP contribution in [-0.2, 0) is 16.0 Å². The first-order valence-electron chi connectivity index (χ1n) is 8.59. The number of halogens is 1. The van der Waals surface area contributed by atoms with Crippen LogP contribution in [0.3, 0.4) is 0 Å². The molecule has 5 heteroatoms. The Hall–Kier alpha value is -2.33. The molecular formula is C20H19ClN2O2. The first kappa shape index (κ1) is 16.2. The van der Waals surface area contributed by atoms with Crippen molar-refractivity contribution in [3.63, 3.8) is 0 Å². The molecule has 2 heterocycles. The molecule has 2 aliphatic heterocycles. The molecule has 0 aromatic heterocycles. The summed E-state index contributed by atoms with van der Waals surface area (Å²) in [4.78, 5) is 29.0. The maximum Gasteiger partial charge on any atom is 0.232 e. The monoisotopic (exact) mass is 354 g/mol. The van der Waals surface area contributed by atoms with Gasteiger partial charge in [-0.15, -0.1) is 0 Å². The van der Waals surface area contributed by atoms with Crippen molar-refractivity contribution < 1.29 is 9.59 Å². The van der Waals surface area contributed by atoms with Gasteiger partial charge in [0.15, 0.2) is 0 Å². The minimum atomic E-state index is -0.297. The number of carbonyl (C=O) groups is 2. The zero-order valence-electron chi connectivity index (χ0n) is 13.8. The standard InChI is InChI=1S/C20H19ClN2O2/c21-16-7-9-17(10-8-16)23-13-15(12-19(23)24)20(25)22-11-3-5-14-4-1-2-6-18(14)22/h1-2,4,6-10,15H,3,5,11-13H2/t15-/m1/s1. The molecule has 0 aliphatic carbocycles. The number of benzene rings is 2. The van der Waals surface area contributed by atoms with Crippen LogP contribution in [0.4, 0.5) is 11.4 Å². The summed E-state index contributed by atoms with van der Waals surface area (Å²) >= 11 is 5.92. The van der Waals surface area contributed by atoms with Gasteiger partial charge in [-0.2, -0.15) is 0 Å². The first-order valence-corrected chi connectivity index (χ1v) is 8.96. The summed E-state index contributed by atoms with van der Waals surface area (Å²) in [5.41, 5.74) is 3.00. The summed E-state index contributed by atoms with van der Waals surface area (Å²) < 4.78 is 0. The molecule has 0 radical (unpaired) electrons. The van der Waals surface area contributed by atoms with E-state index in [1.807, 2.05) is 35.2 Å². The molecule has 25 heavy (non-hydrogen) atoms. The Labute approximate surface area is 152 Å². The largest absolute Gasteiger partial charge is 0.312 e. The van der Waals surface area contributed by atoms with Gasteiger partial charge in [0.25, 0.3) is 0 Å². The Balaban J connectivity index is 1.54. The SMILES string of the molecule is O=C1C[C@@H](C(=O)N2CCCc3ccccc32)CN1c1ccc(Cl)cc1. The number of hydrogen-bond acceptors (Lipinski definition) is 2. The Morgan fingerprint density at radius 2 is 1.84 bits per heavy atom. The van der Waals surface area contributed by atoms with Gasteiger partial charge < -0.3 is 9.80 Å². The molecule has 2 aliphatic rings. The fourth-order valence-corrected chi connectivity index (χ4v) is 3.85. The number of hydrogen-bond donors (Lipinski definition) is 0. The van der Waals surface area contributed by atoms with E-state index >= 15 is 0 Å². The second-order valence-electron chi connectivity index (χ2n) is 6.60. The predicted molar refractivity (Wildman–Crippen MR) is 99.0 cm³/mol. The minimum absolute atomic E-state index is 0.00836. The van der Waals surface area contributed by atoms with Crippen molar-refractivity contribution >= 4 is 34.8 Å². The number of para-hydroxylation sites is 1. The molecule has 4 rings (SSSR count). The van der Waals surface area contributed by atoms with Crippen LogP contribution in [-0.4, -0.2) is 24.9 Å². The Kier molecular flexibility index (Phi) is 4.22. The van der Waals surface area contributed by atoms with E-state index in [1.54, 1.807) is 17.0 Å². The van der Waals surface area contributed by atoms with E-state index in [2.05, 4.69) is 6.07 Å². The molecule has 2 aromatic carbocycles. The van der Waals surface area contributed by atoms with Crippen LogP contribution in [0.5, 0.6) is 0 Å². The van der Waals surface area contributed by atoms with E-state index in [9.17, 15) is 9.59 Å². The average Bonchev–Trinajstić information content (AvgIpc) is 3.03. The lowest BCUT2D eigenvalue weighted by molar-refractivity contribution is -0.124. The maximum atomic E-state index is 13.1. The van der Waals surface area contributed by atoms with Crippen molar-refractivity contribution in [1.82, 2.24) is 0 Å². The highest BCUT2D eigenvalue weighted by Gasteiger charge is 2.38. The first-order chi connectivity index (χ1) is 12.1. The van der Waals surface area contributed by atoms with Crippen LogP contribution < -0.4 is 9.80 Å². The summed E-state index contributed by atoms with van der Waals surface area (Å²) in [7, 11) is 0. The van der Waals surface area contributed by atoms with E-state index in [-0.39, 0.29) is 24.2 Å². The lowest BCUT2D eigenvalue weighted by atomic mass is 9.99. The van der Waals surface area contributed by atoms with Gasteiger partial charge in [0.05, 0.1) is 5.92 Å². The average molecular weight is 355 g/mol. The van der Waals surface area contributed by atoms with Gasteiger partial charge in [-0.1, -0.05) is 29.8 Å². The zero-order valence-corrected chi connectivity index (χ0v) is 14.6. The molecule has 0 spiro atoms. The summed E-state index contributed by atoms with van der Waals surface area (Å²) in [6.07, 6.45) is 2.23. The molecule has 2 amide bonds. The highest BCUT2D eigenvalue weighted by atomic mass is 35.5. The van der Waals surface area contributed by atoms with E-state index in [0.29, 0.717) is 11.6 Å². The lowest BCUT2D eigenvalue weighted by Gasteiger charge is -2.31. The molecule has 1 atom stereocenters. The van der Waals surface area contributed by atoms with Crippen molar-refractivity contribution in [2.24, 2.45) is 5.92 Å². The summed E-state index contributed by atoms with van der Waals surface area (Å²) in [5.74, 6) is -0.253. The van der Waals surface area contributed by atoms with Crippen LogP contribution in [0.1, 0.15) is 18.4 Å². The topological polar surface area (TPSA) is 40.6 Å². The van der Waals surface area contributed by atoms with Gasteiger partial charge >= 0.3 is 0 Å². The number of amides is 2. The van der Waals surface area contributed by atoms with Gasteiger partial charge in [-0.05, 0) is 48.7 Å². The Morgan fingerprint density at radius 3 is 2.64 bits per heavy atom. The quantitative estimate of drug-likeness (QED) is 0.825. The molecule has 1 fully saturated rings. The van der Waals surface area contributed by atoms with Crippen LogP contribution in [0.2, 0.25) is 5.02 Å². The van der Waals surface area contributed by atoms with Gasteiger partial charge in [0.1, 0.15) is 0 Å². The van der Waals surface area contributed by atoms with Gasteiger partial charge in [0, 0.05) is 35.9 Å². The molecule has 4 nitrogen and oxygen atoms in total. The van der Waals surface area contributed by atoms with E-state index in [0.717, 1.165) is 30.8 Å². The van der Waals surface area contributed by atoms with Crippen molar-refractivity contribution in [2.45, 2.75) is 19.3 Å². The molecule has 2 aromatic rings. The number of nitrogens with zero attached hydrogens (tertiary/aromatic N) is 2. The van der Waals surface area contributed by atoms with Crippen molar-refractivity contribution in [2.75, 3.05) is 22.9 Å². The number of aryl methyl sites for hydroxylation is 1. The third kappa shape index (κ3) is 3.02. The van der Waals surface area contributed by atoms with Crippen molar-refractivity contribution in [3.05, 3.63) is 59.1 Å². The lowest BCUT2D eigenvalue weighted by Crippen LogP contribution is -2.40. The van der Waals surface area contributed by atoms with Gasteiger partial charge in [-0.25, -0.2) is 0 Å². The third-order valence-corrected chi connectivity index (χ3v) is 5.24. The Morgan fingerprint density at radius 1 is 1.08 bits per heavy atom. The zero-order chi connectivity index (χ0) is 17.4. The molecular weight excluding hydrogens is 336 g/mol. The van der Waals surface area contributed by atoms with Crippen molar-refractivity contribution in [1.29, 1.82) is 0 Å². The summed E-state index contributed by atoms with van der Waals surface area (Å²) in [6.45, 7) is 1.15. The number of anilines is 2. The fraction of sp³-hybridized carbons (Fsp3) is 0.300. The number of carbonyl (C=O) groups excluding carboxylic acids is 2. The third-order valence-electron chi connectivity index (χ3n) is 4.99. The molecule has 0 bridgehead atoms. The van der Waals surface area contributed by atoms with E-state index < -0.39 is 0 Å². The fourth-order valence-electron chi connectivity index (χ4n) is 3.73. The van der Waals surface area contributed by atoms with Crippen molar-refractivity contribution in [3.8, 4) is 0 Å². The summed E-state index contributed by atoms with van der Waals surface area (Å²) in [5, 5.41) is 0.632. The van der Waals surface area contributed by atoms with Crippen LogP contribution in [0, 0.1) is 5.92 Å². The highest BCUT2D eigenvalue weighted by Crippen LogP contribution is 2.32. The molecule has 0 saturated carbocycles. The summed E-state index contributed by atoms with van der Waals surface area (Å²) in [6, 6.07) is 15.2. The highest BCUT2D eigenvalue weighted by molar-refractivity contribution is 6.30. The minimum Gasteiger partial charge on any atom is -0.312 e. The second kappa shape index (κ2) is 6.52. The molecule has 0 N–H and O–H groups in total. The Bertz CT molecular complexity index is 819. The van der Waals surface area contributed by atoms with Gasteiger partial charge in [-0.3, -0.25) is 9.59 Å². The van der Waals surface area contributed by atoms with Gasteiger partial charge in [0.2, 0.25) is 11.8 Å². The number of rotatable bonds is 2. The number of fused-ring (bicyclic) bond motifs is 1. The predicted octanol–water partition coefficient (Wildman–Crippen LogP) is 3.67. The maximum absolute atomic E-state index is 13.1. The van der Waals surface area contributed by atoms with E-state index in [4.69, 9.17) is 11.6 Å². The smallest absolute Gasteiger partial charge is 0.232 e. The second-order valence-corrected chi connectivity index (χ2v) is 7.04. The molecule has 128 valence electrons. The van der Waals surface area contributed by atoms with Crippen LogP contribution in [0.25, 0.3) is 0 Å². The van der Waals surface area contributed by atoms with E-state index in [1.165, 1.54) is 5.56 Å². The molecule has 1 saturated heterocycles. The van der Waals surface area contributed by atoms with Crippen LogP contribution >= 0.6 is 11.6 Å². The molecule has 0 unspecified atom stereocenters.